The van der Waals surface area contributed by atoms with E-state index in [0.717, 1.165) is 22.2 Å². The van der Waals surface area contributed by atoms with Crippen molar-refractivity contribution in [3.63, 3.8) is 0 Å². The molecule has 0 radical (unpaired) electrons. The average molecular weight is 457 g/mol. The standard InChI is InChI=1S/C26H24N4O4/c1-3-33-20-13-9-18(10-14-20)11-16-24(31)29-25-21(26(32)34-4-2)17-27-30(25)23-15-12-19-7-5-6-8-22(19)28-23/h5-17H,3-4H2,1-2H3,(H,29,31)/b16-11+. The molecule has 0 saturated heterocycles. The third-order valence-electron chi connectivity index (χ3n) is 4.93. The van der Waals surface area contributed by atoms with E-state index in [4.69, 9.17) is 9.47 Å². The van der Waals surface area contributed by atoms with Crippen molar-refractivity contribution in [2.24, 2.45) is 0 Å². The summed E-state index contributed by atoms with van der Waals surface area (Å²) in [6.45, 7) is 4.41. The van der Waals surface area contributed by atoms with Gasteiger partial charge < -0.3 is 14.8 Å². The number of nitrogens with zero attached hydrogens (tertiary/aromatic N) is 3. The zero-order valence-electron chi connectivity index (χ0n) is 18.9. The second-order valence-corrected chi connectivity index (χ2v) is 7.23. The number of rotatable bonds is 8. The Morgan fingerprint density at radius 2 is 1.79 bits per heavy atom. The smallest absolute Gasteiger partial charge is 0.343 e. The van der Waals surface area contributed by atoms with Gasteiger partial charge in [-0.1, -0.05) is 30.3 Å². The summed E-state index contributed by atoms with van der Waals surface area (Å²) in [6, 6.07) is 18.7. The molecule has 0 unspecified atom stereocenters. The van der Waals surface area contributed by atoms with Gasteiger partial charge in [-0.25, -0.2) is 9.78 Å². The number of para-hydroxylation sites is 1. The van der Waals surface area contributed by atoms with Gasteiger partial charge in [-0.3, -0.25) is 4.79 Å². The van der Waals surface area contributed by atoms with Crippen molar-refractivity contribution in [2.75, 3.05) is 18.5 Å². The van der Waals surface area contributed by atoms with Crippen LogP contribution in [0.1, 0.15) is 29.8 Å². The molecule has 2 heterocycles. The minimum Gasteiger partial charge on any atom is -0.494 e. The zero-order valence-corrected chi connectivity index (χ0v) is 18.9. The van der Waals surface area contributed by atoms with E-state index in [9.17, 15) is 9.59 Å². The average Bonchev–Trinajstić information content (AvgIpc) is 3.27. The lowest BCUT2D eigenvalue weighted by atomic mass is 10.2. The molecule has 8 nitrogen and oxygen atoms in total. The second kappa shape index (κ2) is 10.4. The van der Waals surface area contributed by atoms with Crippen LogP contribution in [-0.4, -0.2) is 39.9 Å². The summed E-state index contributed by atoms with van der Waals surface area (Å²) in [5.41, 5.74) is 1.73. The molecule has 172 valence electrons. The quantitative estimate of drug-likeness (QED) is 0.306. The number of hydrogen-bond acceptors (Lipinski definition) is 6. The summed E-state index contributed by atoms with van der Waals surface area (Å²) in [5, 5.41) is 8.02. The minimum atomic E-state index is -0.583. The molecule has 4 rings (SSSR count). The first-order chi connectivity index (χ1) is 16.6. The molecule has 0 atom stereocenters. The Morgan fingerprint density at radius 3 is 2.56 bits per heavy atom. The van der Waals surface area contributed by atoms with Crippen molar-refractivity contribution in [3.8, 4) is 11.6 Å². The van der Waals surface area contributed by atoms with Crippen LogP contribution in [0.4, 0.5) is 5.82 Å². The molecule has 2 aromatic heterocycles. The first-order valence-electron chi connectivity index (χ1n) is 10.9. The van der Waals surface area contributed by atoms with Gasteiger partial charge in [0.25, 0.3) is 0 Å². The molecular weight excluding hydrogens is 432 g/mol. The van der Waals surface area contributed by atoms with Gasteiger partial charge in [0, 0.05) is 11.5 Å². The molecular formula is C26H24N4O4. The maximum Gasteiger partial charge on any atom is 0.343 e. The van der Waals surface area contributed by atoms with E-state index < -0.39 is 11.9 Å². The highest BCUT2D eigenvalue weighted by molar-refractivity contribution is 6.05. The number of fused-ring (bicyclic) bond motifs is 1. The van der Waals surface area contributed by atoms with Gasteiger partial charge in [0.2, 0.25) is 5.91 Å². The first kappa shape index (κ1) is 22.7. The molecule has 34 heavy (non-hydrogen) atoms. The van der Waals surface area contributed by atoms with Crippen LogP contribution in [0, 0.1) is 0 Å². The molecule has 0 aliphatic carbocycles. The largest absolute Gasteiger partial charge is 0.494 e. The van der Waals surface area contributed by atoms with E-state index in [1.807, 2.05) is 61.5 Å². The van der Waals surface area contributed by atoms with E-state index in [2.05, 4.69) is 15.4 Å². The lowest BCUT2D eigenvalue weighted by Gasteiger charge is -2.10. The summed E-state index contributed by atoms with van der Waals surface area (Å²) in [5.74, 6) is 0.389. The number of pyridine rings is 1. The number of carbonyl (C=O) groups is 2. The van der Waals surface area contributed by atoms with Crippen LogP contribution in [0.5, 0.6) is 5.75 Å². The van der Waals surface area contributed by atoms with Crippen LogP contribution in [0.3, 0.4) is 0 Å². The molecule has 8 heteroatoms. The molecule has 0 saturated carbocycles. The Labute approximate surface area is 196 Å². The van der Waals surface area contributed by atoms with Crippen molar-refractivity contribution in [1.82, 2.24) is 14.8 Å². The van der Waals surface area contributed by atoms with Crippen LogP contribution >= 0.6 is 0 Å². The number of amides is 1. The Bertz CT molecular complexity index is 1340. The maximum absolute atomic E-state index is 12.7. The van der Waals surface area contributed by atoms with Gasteiger partial charge >= 0.3 is 5.97 Å². The normalized spacial score (nSPS) is 11.0. The lowest BCUT2D eigenvalue weighted by molar-refractivity contribution is -0.111. The number of hydrogen-bond donors (Lipinski definition) is 1. The number of carbonyl (C=O) groups excluding carboxylic acids is 2. The van der Waals surface area contributed by atoms with Crippen LogP contribution < -0.4 is 10.1 Å². The van der Waals surface area contributed by atoms with E-state index in [1.54, 1.807) is 19.1 Å². The van der Waals surface area contributed by atoms with E-state index in [1.165, 1.54) is 17.0 Å². The van der Waals surface area contributed by atoms with Crippen LogP contribution in [0.25, 0.3) is 22.8 Å². The zero-order chi connectivity index (χ0) is 23.9. The van der Waals surface area contributed by atoms with Crippen LogP contribution in [0.2, 0.25) is 0 Å². The molecule has 0 aliphatic rings. The molecule has 4 aromatic rings. The van der Waals surface area contributed by atoms with E-state index in [-0.39, 0.29) is 18.0 Å². The number of anilines is 1. The fourth-order valence-corrected chi connectivity index (χ4v) is 3.35. The van der Waals surface area contributed by atoms with E-state index in [0.29, 0.717) is 12.4 Å². The summed E-state index contributed by atoms with van der Waals surface area (Å²) in [7, 11) is 0. The number of aromatic nitrogens is 3. The monoisotopic (exact) mass is 456 g/mol. The van der Waals surface area contributed by atoms with Gasteiger partial charge in [-0.05, 0) is 55.8 Å². The van der Waals surface area contributed by atoms with Gasteiger partial charge in [-0.2, -0.15) is 9.78 Å². The summed E-state index contributed by atoms with van der Waals surface area (Å²) in [4.78, 5) is 29.9. The van der Waals surface area contributed by atoms with Crippen LogP contribution in [-0.2, 0) is 9.53 Å². The minimum absolute atomic E-state index is 0.139. The predicted molar refractivity (Wildman–Crippen MR) is 130 cm³/mol. The van der Waals surface area contributed by atoms with Gasteiger partial charge in [0.15, 0.2) is 11.6 Å². The highest BCUT2D eigenvalue weighted by Gasteiger charge is 2.21. The summed E-state index contributed by atoms with van der Waals surface area (Å²) in [6.07, 6.45) is 4.42. The van der Waals surface area contributed by atoms with E-state index >= 15 is 0 Å². The predicted octanol–water partition coefficient (Wildman–Crippen LogP) is 4.65. The van der Waals surface area contributed by atoms with Gasteiger partial charge in [0.1, 0.15) is 11.3 Å². The van der Waals surface area contributed by atoms with Crippen LogP contribution in [0.15, 0.2) is 72.9 Å². The second-order valence-electron chi connectivity index (χ2n) is 7.23. The first-order valence-corrected chi connectivity index (χ1v) is 10.9. The number of esters is 1. The highest BCUT2D eigenvalue weighted by Crippen LogP contribution is 2.22. The van der Waals surface area contributed by atoms with Gasteiger partial charge in [0.05, 0.1) is 24.9 Å². The Morgan fingerprint density at radius 1 is 1.00 bits per heavy atom. The summed E-state index contributed by atoms with van der Waals surface area (Å²) >= 11 is 0. The molecule has 0 fully saturated rings. The Hall–Kier alpha value is -4.46. The lowest BCUT2D eigenvalue weighted by Crippen LogP contribution is -2.16. The Kier molecular flexibility index (Phi) is 6.98. The maximum atomic E-state index is 12.7. The molecule has 1 N–H and O–H groups in total. The van der Waals surface area contributed by atoms with Crippen molar-refractivity contribution in [2.45, 2.75) is 13.8 Å². The van der Waals surface area contributed by atoms with Crippen molar-refractivity contribution >= 4 is 34.7 Å². The SMILES string of the molecule is CCOC(=O)c1cnn(-c2ccc3ccccc3n2)c1NC(=O)/C=C/c1ccc(OCC)cc1. The third-order valence-corrected chi connectivity index (χ3v) is 4.93. The number of ether oxygens (including phenoxy) is 2. The number of benzene rings is 2. The topological polar surface area (TPSA) is 95.3 Å². The summed E-state index contributed by atoms with van der Waals surface area (Å²) < 4.78 is 12.0. The van der Waals surface area contributed by atoms with Crippen molar-refractivity contribution in [3.05, 3.63) is 84.1 Å². The molecule has 2 aromatic carbocycles. The van der Waals surface area contributed by atoms with Crippen molar-refractivity contribution < 1.29 is 19.1 Å². The molecule has 0 aliphatic heterocycles. The molecule has 1 amide bonds. The Balaban J connectivity index is 1.62. The van der Waals surface area contributed by atoms with Gasteiger partial charge in [-0.15, -0.1) is 0 Å². The fourth-order valence-electron chi connectivity index (χ4n) is 3.35. The molecule has 0 bridgehead atoms. The number of nitrogens with one attached hydrogen (secondary N) is 1. The third kappa shape index (κ3) is 5.12. The van der Waals surface area contributed by atoms with Crippen molar-refractivity contribution in [1.29, 1.82) is 0 Å². The highest BCUT2D eigenvalue weighted by atomic mass is 16.5. The fraction of sp³-hybridized carbons (Fsp3) is 0.154. The molecule has 0 spiro atoms.